The van der Waals surface area contributed by atoms with E-state index in [1.54, 1.807) is 13.4 Å². The van der Waals surface area contributed by atoms with Crippen LogP contribution in [0.4, 0.5) is 5.69 Å². The quantitative estimate of drug-likeness (QED) is 0.565. The molecule has 0 aliphatic carbocycles. The summed E-state index contributed by atoms with van der Waals surface area (Å²) in [5, 5.41) is 14.7. The average molecular weight is 343 g/mol. The summed E-state index contributed by atoms with van der Waals surface area (Å²) in [6.45, 7) is 10.5. The zero-order valence-corrected chi connectivity index (χ0v) is 15.7. The summed E-state index contributed by atoms with van der Waals surface area (Å²) in [4.78, 5) is 6.62. The van der Waals surface area contributed by atoms with Crippen molar-refractivity contribution in [3.63, 3.8) is 0 Å². The number of aromatic nitrogens is 3. The van der Waals surface area contributed by atoms with Gasteiger partial charge in [0.05, 0.1) is 6.54 Å². The molecule has 1 heterocycles. The Morgan fingerprint density at radius 2 is 2.12 bits per heavy atom. The summed E-state index contributed by atoms with van der Waals surface area (Å²) in [6.07, 6.45) is 1.74. The summed E-state index contributed by atoms with van der Waals surface area (Å²) in [6, 6.07) is 8.59. The van der Waals surface area contributed by atoms with Gasteiger partial charge in [-0.05, 0) is 38.5 Å². The molecular weight excluding hydrogens is 314 g/mol. The molecule has 0 aliphatic heterocycles. The number of hydrogen-bond acceptors (Lipinski definition) is 4. The van der Waals surface area contributed by atoms with Gasteiger partial charge in [0.1, 0.15) is 6.33 Å². The monoisotopic (exact) mass is 343 g/mol. The van der Waals surface area contributed by atoms with Crippen molar-refractivity contribution in [3.8, 4) is 0 Å². The van der Waals surface area contributed by atoms with E-state index in [9.17, 15) is 0 Å². The number of rotatable bonds is 8. The third kappa shape index (κ3) is 5.48. The van der Waals surface area contributed by atoms with Gasteiger partial charge in [-0.1, -0.05) is 12.1 Å². The highest BCUT2D eigenvalue weighted by molar-refractivity contribution is 5.79. The standard InChI is InChI=1S/C18H29N7/c1-5-24(16-9-7-8-15(3)12-16)11-10-20-18(19-4)21-13-17-23-22-14-25(17)6-2/h7-9,12,14H,5-6,10-11,13H2,1-4H3,(H2,19,20,21). The van der Waals surface area contributed by atoms with E-state index < -0.39 is 0 Å². The molecule has 25 heavy (non-hydrogen) atoms. The molecule has 0 saturated heterocycles. The molecule has 0 aliphatic rings. The van der Waals surface area contributed by atoms with Gasteiger partial charge in [0.2, 0.25) is 0 Å². The zero-order chi connectivity index (χ0) is 18.1. The Bertz CT molecular complexity index is 678. The zero-order valence-electron chi connectivity index (χ0n) is 15.7. The molecule has 2 rings (SSSR count). The number of aryl methyl sites for hydroxylation is 2. The maximum absolute atomic E-state index is 4.27. The lowest BCUT2D eigenvalue weighted by atomic mass is 10.2. The molecule has 1 aromatic carbocycles. The lowest BCUT2D eigenvalue weighted by Crippen LogP contribution is -2.41. The number of nitrogens with one attached hydrogen (secondary N) is 2. The van der Waals surface area contributed by atoms with Gasteiger partial charge < -0.3 is 20.1 Å². The van der Waals surface area contributed by atoms with Gasteiger partial charge in [0.15, 0.2) is 11.8 Å². The minimum Gasteiger partial charge on any atom is -0.370 e. The van der Waals surface area contributed by atoms with Gasteiger partial charge in [-0.25, -0.2) is 0 Å². The van der Waals surface area contributed by atoms with Crippen LogP contribution in [-0.2, 0) is 13.1 Å². The van der Waals surface area contributed by atoms with Crippen LogP contribution in [0.25, 0.3) is 0 Å². The van der Waals surface area contributed by atoms with Crippen LogP contribution in [0.5, 0.6) is 0 Å². The predicted octanol–water partition coefficient (Wildman–Crippen LogP) is 1.80. The molecule has 1 aromatic heterocycles. The second kappa shape index (κ2) is 9.66. The van der Waals surface area contributed by atoms with E-state index in [-0.39, 0.29) is 0 Å². The van der Waals surface area contributed by atoms with Crippen LogP contribution in [0.3, 0.4) is 0 Å². The predicted molar refractivity (Wildman–Crippen MR) is 103 cm³/mol. The Morgan fingerprint density at radius 3 is 2.80 bits per heavy atom. The van der Waals surface area contributed by atoms with E-state index in [0.29, 0.717) is 6.54 Å². The van der Waals surface area contributed by atoms with Gasteiger partial charge in [-0.15, -0.1) is 10.2 Å². The topological polar surface area (TPSA) is 70.4 Å². The van der Waals surface area contributed by atoms with Crippen LogP contribution < -0.4 is 15.5 Å². The largest absolute Gasteiger partial charge is 0.370 e. The van der Waals surface area contributed by atoms with Crippen molar-refractivity contribution in [1.29, 1.82) is 0 Å². The minimum atomic E-state index is 0.600. The first-order valence-electron chi connectivity index (χ1n) is 8.80. The van der Waals surface area contributed by atoms with Crippen LogP contribution in [0.15, 0.2) is 35.6 Å². The van der Waals surface area contributed by atoms with Gasteiger partial charge >= 0.3 is 0 Å². The number of likely N-dealkylation sites (N-methyl/N-ethyl adjacent to an activating group) is 1. The number of hydrogen-bond donors (Lipinski definition) is 2. The number of benzene rings is 1. The highest BCUT2D eigenvalue weighted by Gasteiger charge is 2.06. The fourth-order valence-corrected chi connectivity index (χ4v) is 2.67. The van der Waals surface area contributed by atoms with Crippen molar-refractivity contribution in [2.24, 2.45) is 4.99 Å². The minimum absolute atomic E-state index is 0.600. The van der Waals surface area contributed by atoms with Crippen molar-refractivity contribution in [2.45, 2.75) is 33.9 Å². The second-order valence-corrected chi connectivity index (χ2v) is 5.80. The van der Waals surface area contributed by atoms with E-state index in [2.05, 4.69) is 75.8 Å². The van der Waals surface area contributed by atoms with Crippen LogP contribution in [-0.4, -0.2) is 47.4 Å². The van der Waals surface area contributed by atoms with Gasteiger partial charge in [0.25, 0.3) is 0 Å². The van der Waals surface area contributed by atoms with E-state index in [4.69, 9.17) is 0 Å². The maximum Gasteiger partial charge on any atom is 0.191 e. The van der Waals surface area contributed by atoms with Gasteiger partial charge in [-0.3, -0.25) is 4.99 Å². The third-order valence-electron chi connectivity index (χ3n) is 4.10. The molecule has 0 fully saturated rings. The highest BCUT2D eigenvalue weighted by Crippen LogP contribution is 2.14. The van der Waals surface area contributed by atoms with E-state index in [1.165, 1.54) is 11.3 Å². The molecule has 0 spiro atoms. The van der Waals surface area contributed by atoms with Gasteiger partial charge in [-0.2, -0.15) is 0 Å². The highest BCUT2D eigenvalue weighted by atomic mass is 15.3. The van der Waals surface area contributed by atoms with Crippen LogP contribution in [0.1, 0.15) is 25.2 Å². The lowest BCUT2D eigenvalue weighted by molar-refractivity contribution is 0.668. The molecule has 0 unspecified atom stereocenters. The second-order valence-electron chi connectivity index (χ2n) is 5.80. The molecule has 0 saturated carbocycles. The van der Waals surface area contributed by atoms with E-state index in [1.807, 2.05) is 4.57 Å². The van der Waals surface area contributed by atoms with Crippen molar-refractivity contribution in [3.05, 3.63) is 42.0 Å². The SMILES string of the molecule is CCN(CCNC(=NC)NCc1nncn1CC)c1cccc(C)c1. The summed E-state index contributed by atoms with van der Waals surface area (Å²) >= 11 is 0. The first-order chi connectivity index (χ1) is 12.2. The van der Waals surface area contributed by atoms with Crippen molar-refractivity contribution < 1.29 is 0 Å². The van der Waals surface area contributed by atoms with Crippen molar-refractivity contribution in [1.82, 2.24) is 25.4 Å². The smallest absolute Gasteiger partial charge is 0.191 e. The normalized spacial score (nSPS) is 11.4. The third-order valence-corrected chi connectivity index (χ3v) is 4.10. The van der Waals surface area contributed by atoms with Crippen LogP contribution >= 0.6 is 0 Å². The fraction of sp³-hybridized carbons (Fsp3) is 0.500. The number of anilines is 1. The number of nitrogens with zero attached hydrogens (tertiary/aromatic N) is 5. The van der Waals surface area contributed by atoms with Crippen LogP contribution in [0.2, 0.25) is 0 Å². The first-order valence-corrected chi connectivity index (χ1v) is 8.80. The molecule has 2 N–H and O–H groups in total. The molecule has 7 nitrogen and oxygen atoms in total. The molecule has 136 valence electrons. The lowest BCUT2D eigenvalue weighted by Gasteiger charge is -2.24. The molecule has 0 bridgehead atoms. The van der Waals surface area contributed by atoms with Crippen molar-refractivity contribution >= 4 is 11.6 Å². The molecule has 2 aromatic rings. The number of guanidine groups is 1. The summed E-state index contributed by atoms with van der Waals surface area (Å²) < 4.78 is 2.01. The number of aliphatic imine (C=N–C) groups is 1. The fourth-order valence-electron chi connectivity index (χ4n) is 2.67. The summed E-state index contributed by atoms with van der Waals surface area (Å²) in [5.74, 6) is 1.67. The maximum atomic E-state index is 4.27. The summed E-state index contributed by atoms with van der Waals surface area (Å²) in [7, 11) is 1.78. The average Bonchev–Trinajstić information content (AvgIpc) is 3.09. The molecule has 0 radical (unpaired) electrons. The van der Waals surface area contributed by atoms with Gasteiger partial charge in [0, 0.05) is 38.9 Å². The van der Waals surface area contributed by atoms with Crippen molar-refractivity contribution in [2.75, 3.05) is 31.6 Å². The molecule has 7 heteroatoms. The summed E-state index contributed by atoms with van der Waals surface area (Å²) in [5.41, 5.74) is 2.53. The molecular formula is C18H29N7. The Balaban J connectivity index is 1.82. The Morgan fingerprint density at radius 1 is 1.28 bits per heavy atom. The Hall–Kier alpha value is -2.57. The van der Waals surface area contributed by atoms with E-state index in [0.717, 1.165) is 38.0 Å². The van der Waals surface area contributed by atoms with E-state index >= 15 is 0 Å². The molecule has 0 amide bonds. The Kier molecular flexibility index (Phi) is 7.25. The first kappa shape index (κ1) is 18.8. The van der Waals surface area contributed by atoms with Crippen LogP contribution in [0, 0.1) is 6.92 Å². The molecule has 0 atom stereocenters. The Labute approximate surface area is 150 Å².